The second kappa shape index (κ2) is 4.69. The highest BCUT2D eigenvalue weighted by Gasteiger charge is 2.02. The molecule has 0 spiro atoms. The second-order valence-corrected chi connectivity index (χ2v) is 3.94. The first-order chi connectivity index (χ1) is 7.33. The molecule has 1 aromatic carbocycles. The fourth-order valence-electron chi connectivity index (χ4n) is 1.76. The maximum Gasteiger partial charge on any atom is 0.0499 e. The van der Waals surface area contributed by atoms with Crippen molar-refractivity contribution in [2.24, 2.45) is 0 Å². The van der Waals surface area contributed by atoms with Crippen molar-refractivity contribution < 1.29 is 4.74 Å². The van der Waals surface area contributed by atoms with Gasteiger partial charge in [0.25, 0.3) is 0 Å². The number of aryl methyl sites for hydroxylation is 1. The molecule has 0 bridgehead atoms. The summed E-state index contributed by atoms with van der Waals surface area (Å²) in [6.45, 7) is 1.76. The van der Waals surface area contributed by atoms with E-state index < -0.39 is 0 Å². The van der Waals surface area contributed by atoms with E-state index in [-0.39, 0.29) is 0 Å². The summed E-state index contributed by atoms with van der Waals surface area (Å²) in [6, 6.07) is 8.05. The third-order valence-electron chi connectivity index (χ3n) is 2.51. The number of halogens is 1. The van der Waals surface area contributed by atoms with Gasteiger partial charge in [-0.25, -0.2) is 0 Å². The van der Waals surface area contributed by atoms with Crippen molar-refractivity contribution in [3.8, 4) is 0 Å². The topological polar surface area (TPSA) is 14.2 Å². The van der Waals surface area contributed by atoms with Gasteiger partial charge in [-0.1, -0.05) is 17.7 Å². The summed E-state index contributed by atoms with van der Waals surface area (Å²) in [5, 5.41) is 1.94. The Bertz CT molecular complexity index is 450. The zero-order valence-electron chi connectivity index (χ0n) is 8.74. The lowest BCUT2D eigenvalue weighted by molar-refractivity contribution is 0.190. The van der Waals surface area contributed by atoms with Gasteiger partial charge in [0, 0.05) is 42.4 Å². The molecule has 0 saturated carbocycles. The molecule has 15 heavy (non-hydrogen) atoms. The van der Waals surface area contributed by atoms with Crippen LogP contribution in [0.4, 0.5) is 0 Å². The first-order valence-corrected chi connectivity index (χ1v) is 5.43. The number of hydrogen-bond donors (Lipinski definition) is 0. The SMILES string of the molecule is COCCCn1ccc2c(Cl)cccc21. The molecule has 0 saturated heterocycles. The minimum absolute atomic E-state index is 0.792. The average molecular weight is 224 g/mol. The molecular weight excluding hydrogens is 210 g/mol. The van der Waals surface area contributed by atoms with Crippen molar-refractivity contribution in [2.75, 3.05) is 13.7 Å². The molecule has 0 N–H and O–H groups in total. The number of hydrogen-bond acceptors (Lipinski definition) is 1. The molecule has 0 unspecified atom stereocenters. The molecule has 0 aliphatic rings. The number of rotatable bonds is 4. The second-order valence-electron chi connectivity index (χ2n) is 3.53. The van der Waals surface area contributed by atoms with Crippen LogP contribution in [-0.2, 0) is 11.3 Å². The highest BCUT2D eigenvalue weighted by atomic mass is 35.5. The molecule has 0 amide bonds. The van der Waals surface area contributed by atoms with Crippen LogP contribution in [0.1, 0.15) is 6.42 Å². The normalized spacial score (nSPS) is 11.1. The summed E-state index contributed by atoms with van der Waals surface area (Å²) < 4.78 is 7.25. The Morgan fingerprint density at radius 1 is 1.33 bits per heavy atom. The van der Waals surface area contributed by atoms with Gasteiger partial charge in [0.15, 0.2) is 0 Å². The number of benzene rings is 1. The lowest BCUT2D eigenvalue weighted by Crippen LogP contribution is -1.99. The first-order valence-electron chi connectivity index (χ1n) is 5.05. The Labute approximate surface area is 94.4 Å². The highest BCUT2D eigenvalue weighted by Crippen LogP contribution is 2.24. The zero-order chi connectivity index (χ0) is 10.7. The first kappa shape index (κ1) is 10.5. The molecule has 0 atom stereocenters. The van der Waals surface area contributed by atoms with E-state index in [1.807, 2.05) is 12.1 Å². The van der Waals surface area contributed by atoms with Crippen molar-refractivity contribution in [1.29, 1.82) is 0 Å². The maximum atomic E-state index is 6.09. The molecule has 1 aromatic heterocycles. The van der Waals surface area contributed by atoms with Crippen LogP contribution >= 0.6 is 11.6 Å². The molecule has 0 fully saturated rings. The van der Waals surface area contributed by atoms with Crippen LogP contribution in [0, 0.1) is 0 Å². The highest BCUT2D eigenvalue weighted by molar-refractivity contribution is 6.35. The van der Waals surface area contributed by atoms with Crippen LogP contribution in [0.15, 0.2) is 30.5 Å². The van der Waals surface area contributed by atoms with Crippen molar-refractivity contribution in [3.63, 3.8) is 0 Å². The average Bonchev–Trinajstić information content (AvgIpc) is 2.64. The van der Waals surface area contributed by atoms with E-state index in [0.29, 0.717) is 0 Å². The number of nitrogens with zero attached hydrogens (tertiary/aromatic N) is 1. The molecule has 1 heterocycles. The molecule has 0 aliphatic carbocycles. The molecule has 0 aliphatic heterocycles. The molecule has 2 aromatic rings. The van der Waals surface area contributed by atoms with Crippen LogP contribution in [0.2, 0.25) is 5.02 Å². The Kier molecular flexibility index (Phi) is 3.29. The summed E-state index contributed by atoms with van der Waals surface area (Å²) in [5.74, 6) is 0. The van der Waals surface area contributed by atoms with Gasteiger partial charge in [-0.15, -0.1) is 0 Å². The van der Waals surface area contributed by atoms with Crippen LogP contribution in [-0.4, -0.2) is 18.3 Å². The third-order valence-corrected chi connectivity index (χ3v) is 2.84. The van der Waals surface area contributed by atoms with E-state index in [4.69, 9.17) is 16.3 Å². The fraction of sp³-hybridized carbons (Fsp3) is 0.333. The summed E-state index contributed by atoms with van der Waals surface area (Å²) in [5.41, 5.74) is 1.19. The summed E-state index contributed by atoms with van der Waals surface area (Å²) in [6.07, 6.45) is 3.10. The Morgan fingerprint density at radius 2 is 2.20 bits per heavy atom. The van der Waals surface area contributed by atoms with Gasteiger partial charge in [0.1, 0.15) is 0 Å². The van der Waals surface area contributed by atoms with Crippen molar-refractivity contribution in [1.82, 2.24) is 4.57 Å². The van der Waals surface area contributed by atoms with Crippen LogP contribution in [0.3, 0.4) is 0 Å². The largest absolute Gasteiger partial charge is 0.385 e. The standard InChI is InChI=1S/C12H14ClNO/c1-15-9-3-7-14-8-6-10-11(13)4-2-5-12(10)14/h2,4-6,8H,3,7,9H2,1H3. The van der Waals surface area contributed by atoms with Crippen LogP contribution < -0.4 is 0 Å². The molecule has 3 heteroatoms. The predicted molar refractivity (Wildman–Crippen MR) is 63.4 cm³/mol. The maximum absolute atomic E-state index is 6.09. The van der Waals surface area contributed by atoms with Crippen molar-refractivity contribution >= 4 is 22.5 Å². The lowest BCUT2D eigenvalue weighted by Gasteiger charge is -2.04. The van der Waals surface area contributed by atoms with Gasteiger partial charge in [-0.05, 0) is 24.6 Å². The Hall–Kier alpha value is -0.990. The number of aromatic nitrogens is 1. The third kappa shape index (κ3) is 2.16. The summed E-state index contributed by atoms with van der Waals surface area (Å²) in [4.78, 5) is 0. The van der Waals surface area contributed by atoms with Crippen LogP contribution in [0.5, 0.6) is 0 Å². The molecule has 0 radical (unpaired) electrons. The smallest absolute Gasteiger partial charge is 0.0499 e. The minimum Gasteiger partial charge on any atom is -0.385 e. The molecular formula is C12H14ClNO. The molecule has 80 valence electrons. The fourth-order valence-corrected chi connectivity index (χ4v) is 1.99. The van der Waals surface area contributed by atoms with Gasteiger partial charge in [-0.2, -0.15) is 0 Å². The summed E-state index contributed by atoms with van der Waals surface area (Å²) in [7, 11) is 1.73. The Balaban J connectivity index is 2.25. The van der Waals surface area contributed by atoms with E-state index in [2.05, 4.69) is 22.9 Å². The van der Waals surface area contributed by atoms with E-state index >= 15 is 0 Å². The number of methoxy groups -OCH3 is 1. The van der Waals surface area contributed by atoms with E-state index in [9.17, 15) is 0 Å². The van der Waals surface area contributed by atoms with Crippen molar-refractivity contribution in [2.45, 2.75) is 13.0 Å². The van der Waals surface area contributed by atoms with Gasteiger partial charge < -0.3 is 9.30 Å². The minimum atomic E-state index is 0.792. The van der Waals surface area contributed by atoms with E-state index in [1.165, 1.54) is 5.52 Å². The van der Waals surface area contributed by atoms with Crippen molar-refractivity contribution in [3.05, 3.63) is 35.5 Å². The van der Waals surface area contributed by atoms with Gasteiger partial charge in [0.2, 0.25) is 0 Å². The van der Waals surface area contributed by atoms with Gasteiger partial charge >= 0.3 is 0 Å². The van der Waals surface area contributed by atoms with Crippen LogP contribution in [0.25, 0.3) is 10.9 Å². The molecule has 2 nitrogen and oxygen atoms in total. The van der Waals surface area contributed by atoms with E-state index in [1.54, 1.807) is 7.11 Å². The Morgan fingerprint density at radius 3 is 3.00 bits per heavy atom. The quantitative estimate of drug-likeness (QED) is 0.726. The van der Waals surface area contributed by atoms with Gasteiger partial charge in [-0.3, -0.25) is 0 Å². The lowest BCUT2D eigenvalue weighted by atomic mass is 10.2. The molecule has 2 rings (SSSR count). The van der Waals surface area contributed by atoms with Gasteiger partial charge in [0.05, 0.1) is 0 Å². The summed E-state index contributed by atoms with van der Waals surface area (Å²) >= 11 is 6.09. The zero-order valence-corrected chi connectivity index (χ0v) is 9.50. The number of fused-ring (bicyclic) bond motifs is 1. The predicted octanol–water partition coefficient (Wildman–Crippen LogP) is 3.33. The number of ether oxygens (including phenoxy) is 1. The van der Waals surface area contributed by atoms with E-state index in [0.717, 1.165) is 30.0 Å². The monoisotopic (exact) mass is 223 g/mol.